The van der Waals surface area contributed by atoms with Gasteiger partial charge in [0, 0.05) is 17.1 Å². The van der Waals surface area contributed by atoms with E-state index in [1.807, 2.05) is 0 Å². The lowest BCUT2D eigenvalue weighted by Gasteiger charge is -2.35. The molecule has 0 heterocycles. The smallest absolute Gasteiger partial charge is 0.0720 e. The molecule has 0 aromatic heterocycles. The van der Waals surface area contributed by atoms with Crippen LogP contribution < -0.4 is 4.90 Å². The second kappa shape index (κ2) is 11.6. The van der Waals surface area contributed by atoms with Gasteiger partial charge in [0.1, 0.15) is 0 Å². The van der Waals surface area contributed by atoms with Gasteiger partial charge >= 0.3 is 0 Å². The molecule has 0 unspecified atom stereocenters. The van der Waals surface area contributed by atoms with E-state index in [1.165, 1.54) is 55.3 Å². The van der Waals surface area contributed by atoms with E-state index < -0.39 is 5.41 Å². The van der Waals surface area contributed by atoms with Gasteiger partial charge in [-0.1, -0.05) is 158 Å². The third-order valence-corrected chi connectivity index (χ3v) is 9.89. The van der Waals surface area contributed by atoms with Crippen LogP contribution in [0.25, 0.3) is 33.0 Å². The normalized spacial score (nSPS) is 12.8. The van der Waals surface area contributed by atoms with Crippen molar-refractivity contribution in [2.45, 2.75) is 5.41 Å². The summed E-state index contributed by atoms with van der Waals surface area (Å²) in [6.07, 6.45) is 0. The van der Waals surface area contributed by atoms with Crippen LogP contribution in [0, 0.1) is 0 Å². The zero-order valence-electron chi connectivity index (χ0n) is 26.5. The molecule has 0 bridgehead atoms. The summed E-state index contributed by atoms with van der Waals surface area (Å²) in [5.74, 6) is 0. The Morgan fingerprint density at radius 3 is 1.46 bits per heavy atom. The van der Waals surface area contributed by atoms with Gasteiger partial charge < -0.3 is 4.90 Å². The molecule has 1 aliphatic carbocycles. The highest BCUT2D eigenvalue weighted by molar-refractivity contribution is 6.07. The van der Waals surface area contributed by atoms with E-state index >= 15 is 0 Å². The van der Waals surface area contributed by atoms with Crippen molar-refractivity contribution in [2.75, 3.05) is 4.90 Å². The summed E-state index contributed by atoms with van der Waals surface area (Å²) >= 11 is 0. The monoisotopic (exact) mass is 611 g/mol. The van der Waals surface area contributed by atoms with E-state index in [4.69, 9.17) is 0 Å². The fourth-order valence-corrected chi connectivity index (χ4v) is 7.94. The highest BCUT2D eigenvalue weighted by Gasteiger charge is 2.48. The Hall–Kier alpha value is -6.18. The minimum atomic E-state index is -0.563. The topological polar surface area (TPSA) is 3.24 Å². The number of rotatable bonds is 6. The van der Waals surface area contributed by atoms with Gasteiger partial charge in [0.05, 0.1) is 5.41 Å². The quantitative estimate of drug-likeness (QED) is 0.181. The van der Waals surface area contributed by atoms with Gasteiger partial charge in [0.15, 0.2) is 0 Å². The second-order valence-electron chi connectivity index (χ2n) is 12.5. The van der Waals surface area contributed by atoms with E-state index in [0.29, 0.717) is 0 Å². The first-order chi connectivity index (χ1) is 23.8. The number of nitrogens with zero attached hydrogens (tertiary/aromatic N) is 1. The van der Waals surface area contributed by atoms with Crippen LogP contribution in [-0.4, -0.2) is 0 Å². The van der Waals surface area contributed by atoms with E-state index in [9.17, 15) is 0 Å². The summed E-state index contributed by atoms with van der Waals surface area (Å²) in [4.78, 5) is 2.38. The molecule has 0 saturated carbocycles. The maximum Gasteiger partial charge on any atom is 0.0720 e. The molecule has 1 nitrogen and oxygen atoms in total. The van der Waals surface area contributed by atoms with Crippen LogP contribution >= 0.6 is 0 Å². The molecule has 0 amide bonds. The third-order valence-electron chi connectivity index (χ3n) is 9.89. The summed E-state index contributed by atoms with van der Waals surface area (Å²) in [5, 5.41) is 2.52. The Bertz CT molecular complexity index is 2290. The van der Waals surface area contributed by atoms with Gasteiger partial charge in [-0.15, -0.1) is 0 Å². The molecule has 8 aromatic carbocycles. The number of fused-ring (bicyclic) bond motifs is 5. The molecule has 0 spiro atoms. The predicted octanol–water partition coefficient (Wildman–Crippen LogP) is 12.3. The van der Waals surface area contributed by atoms with Crippen molar-refractivity contribution in [3.05, 3.63) is 222 Å². The zero-order valence-corrected chi connectivity index (χ0v) is 26.5. The van der Waals surface area contributed by atoms with Gasteiger partial charge in [0.25, 0.3) is 0 Å². The SMILES string of the molecule is c1ccc(-c2cc3ccccc3c3c2-c2ccc(N(c4ccccc4)c4ccccc4)cc2C3(c2ccccc2)c2ccccc2)cc1. The van der Waals surface area contributed by atoms with Crippen molar-refractivity contribution in [2.24, 2.45) is 0 Å². The van der Waals surface area contributed by atoms with E-state index in [0.717, 1.165) is 17.1 Å². The van der Waals surface area contributed by atoms with E-state index in [2.05, 4.69) is 205 Å². The first kappa shape index (κ1) is 28.1. The van der Waals surface area contributed by atoms with E-state index in [-0.39, 0.29) is 0 Å². The largest absolute Gasteiger partial charge is 0.310 e. The molecule has 1 aliphatic rings. The van der Waals surface area contributed by atoms with Gasteiger partial charge in [-0.3, -0.25) is 0 Å². The highest BCUT2D eigenvalue weighted by Crippen LogP contribution is 2.61. The molecule has 0 saturated heterocycles. The molecule has 9 rings (SSSR count). The van der Waals surface area contributed by atoms with Crippen molar-refractivity contribution in [3.63, 3.8) is 0 Å². The van der Waals surface area contributed by atoms with Gasteiger partial charge in [-0.05, 0) is 97.7 Å². The molecule has 226 valence electrons. The van der Waals surface area contributed by atoms with Crippen LogP contribution in [0.3, 0.4) is 0 Å². The second-order valence-corrected chi connectivity index (χ2v) is 12.5. The van der Waals surface area contributed by atoms with Crippen LogP contribution in [0.5, 0.6) is 0 Å². The van der Waals surface area contributed by atoms with Crippen molar-refractivity contribution in [1.82, 2.24) is 0 Å². The Kier molecular flexibility index (Phi) is 6.76. The highest BCUT2D eigenvalue weighted by atomic mass is 15.1. The molecule has 0 radical (unpaired) electrons. The van der Waals surface area contributed by atoms with E-state index in [1.54, 1.807) is 0 Å². The van der Waals surface area contributed by atoms with Crippen molar-refractivity contribution < 1.29 is 0 Å². The van der Waals surface area contributed by atoms with Crippen molar-refractivity contribution >= 4 is 27.8 Å². The summed E-state index contributed by atoms with van der Waals surface area (Å²) in [6.45, 7) is 0. The lowest BCUT2D eigenvalue weighted by molar-refractivity contribution is 0.775. The molecule has 0 atom stereocenters. The van der Waals surface area contributed by atoms with Crippen LogP contribution in [0.15, 0.2) is 200 Å². The Morgan fingerprint density at radius 2 is 0.875 bits per heavy atom. The maximum absolute atomic E-state index is 2.46. The fourth-order valence-electron chi connectivity index (χ4n) is 7.94. The Morgan fingerprint density at radius 1 is 0.375 bits per heavy atom. The number of hydrogen-bond donors (Lipinski definition) is 0. The zero-order chi connectivity index (χ0) is 31.9. The number of para-hydroxylation sites is 2. The summed E-state index contributed by atoms with van der Waals surface area (Å²) in [7, 11) is 0. The molecule has 1 heteroatoms. The number of hydrogen-bond acceptors (Lipinski definition) is 1. The first-order valence-electron chi connectivity index (χ1n) is 16.6. The maximum atomic E-state index is 2.46. The Balaban J connectivity index is 1.45. The standard InChI is InChI=1S/C47H33N/c1-6-18-34(19-7-1)43-32-35-20-16-17-29-41(35)46-45(43)42-31-30-40(48(38-25-12-4-13-26-38)39-27-14-5-15-28-39)33-44(42)47(46,36-21-8-2-9-22-36)37-23-10-3-11-24-37/h1-33H. The lowest BCUT2D eigenvalue weighted by atomic mass is 9.66. The summed E-state index contributed by atoms with van der Waals surface area (Å²) in [5.41, 5.74) is 13.0. The summed E-state index contributed by atoms with van der Waals surface area (Å²) < 4.78 is 0. The fraction of sp³-hybridized carbons (Fsp3) is 0.0213. The van der Waals surface area contributed by atoms with Gasteiger partial charge in [0.2, 0.25) is 0 Å². The molecule has 0 N–H and O–H groups in total. The van der Waals surface area contributed by atoms with Crippen LogP contribution in [0.1, 0.15) is 22.3 Å². The lowest BCUT2D eigenvalue weighted by Crippen LogP contribution is -2.29. The van der Waals surface area contributed by atoms with Gasteiger partial charge in [-0.2, -0.15) is 0 Å². The molecule has 8 aromatic rings. The molecular weight excluding hydrogens is 579 g/mol. The van der Waals surface area contributed by atoms with Gasteiger partial charge in [-0.25, -0.2) is 0 Å². The van der Waals surface area contributed by atoms with Crippen molar-refractivity contribution in [1.29, 1.82) is 0 Å². The molecule has 0 fully saturated rings. The minimum Gasteiger partial charge on any atom is -0.310 e. The summed E-state index contributed by atoms with van der Waals surface area (Å²) in [6, 6.07) is 73.0. The molecule has 48 heavy (non-hydrogen) atoms. The average molecular weight is 612 g/mol. The van der Waals surface area contributed by atoms with Crippen LogP contribution in [-0.2, 0) is 5.41 Å². The number of benzene rings is 8. The minimum absolute atomic E-state index is 0.563. The molecular formula is C47H33N. The third kappa shape index (κ3) is 4.32. The Labute approximate surface area is 282 Å². The average Bonchev–Trinajstić information content (AvgIpc) is 3.48. The van der Waals surface area contributed by atoms with Crippen LogP contribution in [0.4, 0.5) is 17.1 Å². The molecule has 0 aliphatic heterocycles. The predicted molar refractivity (Wildman–Crippen MR) is 201 cm³/mol. The van der Waals surface area contributed by atoms with Crippen LogP contribution in [0.2, 0.25) is 0 Å². The first-order valence-corrected chi connectivity index (χ1v) is 16.6. The number of anilines is 3. The van der Waals surface area contributed by atoms with Crippen molar-refractivity contribution in [3.8, 4) is 22.3 Å².